The molecule has 27 heavy (non-hydrogen) atoms. The quantitative estimate of drug-likeness (QED) is 0.646. The number of hydrogen-bond donors (Lipinski definition) is 0. The molecule has 0 aromatic heterocycles. The first-order chi connectivity index (χ1) is 12.7. The number of fused-ring (bicyclic) bond motifs is 2. The second-order valence-corrected chi connectivity index (χ2v) is 9.07. The van der Waals surface area contributed by atoms with Crippen molar-refractivity contribution in [2.45, 2.75) is 70.2 Å². The second-order valence-electron chi connectivity index (χ2n) is 8.15. The zero-order valence-corrected chi connectivity index (χ0v) is 17.7. The summed E-state index contributed by atoms with van der Waals surface area (Å²) in [6.45, 7) is 5.65. The van der Waals surface area contributed by atoms with Gasteiger partial charge in [-0.1, -0.05) is 15.9 Å². The van der Waals surface area contributed by atoms with Crippen molar-refractivity contribution in [3.63, 3.8) is 0 Å². The van der Waals surface area contributed by atoms with E-state index in [1.54, 1.807) is 12.1 Å². The van der Waals surface area contributed by atoms with E-state index in [4.69, 9.17) is 14.2 Å². The maximum atomic E-state index is 12.5. The fourth-order valence-electron chi connectivity index (χ4n) is 3.89. The molecule has 1 aromatic rings. The van der Waals surface area contributed by atoms with Crippen LogP contribution < -0.4 is 4.74 Å². The second kappa shape index (κ2) is 7.70. The molecule has 2 fully saturated rings. The molecule has 2 heterocycles. The molecule has 148 valence electrons. The minimum atomic E-state index is -0.496. The van der Waals surface area contributed by atoms with Crippen molar-refractivity contribution in [1.82, 2.24) is 4.90 Å². The van der Waals surface area contributed by atoms with E-state index in [-0.39, 0.29) is 24.3 Å². The number of methoxy groups -OCH3 is 1. The van der Waals surface area contributed by atoms with Gasteiger partial charge in [0.2, 0.25) is 0 Å². The van der Waals surface area contributed by atoms with Crippen molar-refractivity contribution in [3.8, 4) is 5.75 Å². The van der Waals surface area contributed by atoms with E-state index in [0.717, 1.165) is 30.2 Å². The first-order valence-corrected chi connectivity index (χ1v) is 10.0. The average molecular weight is 440 g/mol. The van der Waals surface area contributed by atoms with Crippen molar-refractivity contribution in [1.29, 1.82) is 0 Å². The van der Waals surface area contributed by atoms with Gasteiger partial charge < -0.3 is 19.1 Å². The molecule has 2 bridgehead atoms. The van der Waals surface area contributed by atoms with Gasteiger partial charge >= 0.3 is 12.1 Å². The molecule has 7 heteroatoms. The van der Waals surface area contributed by atoms with Crippen molar-refractivity contribution >= 4 is 28.0 Å². The number of carbonyl (C=O) groups is 2. The van der Waals surface area contributed by atoms with Gasteiger partial charge in [-0.2, -0.15) is 0 Å². The number of benzene rings is 1. The Morgan fingerprint density at radius 2 is 1.74 bits per heavy atom. The minimum absolute atomic E-state index is 0.000911. The lowest BCUT2D eigenvalue weighted by molar-refractivity contribution is -0.00713. The number of amides is 1. The molecule has 0 saturated carbocycles. The van der Waals surface area contributed by atoms with Gasteiger partial charge in [-0.05, 0) is 51.8 Å². The zero-order valence-electron chi connectivity index (χ0n) is 16.2. The number of nitrogens with zero attached hydrogens (tertiary/aromatic N) is 1. The average Bonchev–Trinajstić information content (AvgIpc) is 2.83. The fourth-order valence-corrected chi connectivity index (χ4v) is 4.37. The number of esters is 1. The van der Waals surface area contributed by atoms with Crippen LogP contribution in [0.4, 0.5) is 4.79 Å². The highest BCUT2D eigenvalue weighted by Gasteiger charge is 2.45. The van der Waals surface area contributed by atoms with Crippen LogP contribution in [0.25, 0.3) is 0 Å². The molecule has 0 spiro atoms. The lowest BCUT2D eigenvalue weighted by atomic mass is 10.00. The van der Waals surface area contributed by atoms with E-state index in [1.807, 2.05) is 31.7 Å². The first-order valence-electron chi connectivity index (χ1n) is 9.23. The number of halogens is 1. The normalized spacial score (nSPS) is 24.5. The number of hydrogen-bond acceptors (Lipinski definition) is 5. The van der Waals surface area contributed by atoms with Gasteiger partial charge in [0, 0.05) is 29.4 Å². The van der Waals surface area contributed by atoms with Crippen molar-refractivity contribution in [2.24, 2.45) is 0 Å². The fraction of sp³-hybridized carbons (Fsp3) is 0.600. The van der Waals surface area contributed by atoms with E-state index in [2.05, 4.69) is 15.9 Å². The molecule has 0 unspecified atom stereocenters. The van der Waals surface area contributed by atoms with Gasteiger partial charge in [-0.15, -0.1) is 0 Å². The van der Waals surface area contributed by atoms with E-state index in [9.17, 15) is 9.59 Å². The van der Waals surface area contributed by atoms with Crippen LogP contribution in [-0.4, -0.2) is 47.9 Å². The molecule has 0 radical (unpaired) electrons. The standard InChI is InChI=1S/C20H26BrNO5/c1-20(2,3)27-19(24)22-14-5-6-15(22)11-17(10-14)26-16-8-12(18(23)25-4)7-13(21)9-16/h7-9,14-15,17H,5-6,10-11H2,1-4H3/t14-,15+,17+. The van der Waals surface area contributed by atoms with Gasteiger partial charge in [0.25, 0.3) is 0 Å². The lowest BCUT2D eigenvalue weighted by Crippen LogP contribution is -2.50. The zero-order chi connectivity index (χ0) is 19.8. The minimum Gasteiger partial charge on any atom is -0.490 e. The highest BCUT2D eigenvalue weighted by atomic mass is 79.9. The van der Waals surface area contributed by atoms with Gasteiger partial charge in [0.05, 0.1) is 12.7 Å². The summed E-state index contributed by atoms with van der Waals surface area (Å²) in [7, 11) is 1.36. The van der Waals surface area contributed by atoms with Crippen LogP contribution in [0.15, 0.2) is 22.7 Å². The smallest absolute Gasteiger partial charge is 0.410 e. The Kier molecular flexibility index (Phi) is 5.70. The summed E-state index contributed by atoms with van der Waals surface area (Å²) in [4.78, 5) is 26.2. The Bertz CT molecular complexity index is 716. The van der Waals surface area contributed by atoms with Crippen LogP contribution in [0.3, 0.4) is 0 Å². The molecule has 3 rings (SSSR count). The molecule has 2 aliphatic heterocycles. The number of carbonyl (C=O) groups excluding carboxylic acids is 2. The van der Waals surface area contributed by atoms with Crippen molar-refractivity contribution < 1.29 is 23.8 Å². The van der Waals surface area contributed by atoms with Crippen LogP contribution in [0.1, 0.15) is 56.8 Å². The molecule has 1 amide bonds. The van der Waals surface area contributed by atoms with Gasteiger partial charge in [-0.25, -0.2) is 9.59 Å². The molecule has 2 aliphatic rings. The highest BCUT2D eigenvalue weighted by molar-refractivity contribution is 9.10. The maximum Gasteiger partial charge on any atom is 0.410 e. The molecule has 0 aliphatic carbocycles. The van der Waals surface area contributed by atoms with Crippen LogP contribution in [0, 0.1) is 0 Å². The van der Waals surface area contributed by atoms with Crippen molar-refractivity contribution in [3.05, 3.63) is 28.2 Å². The van der Waals surface area contributed by atoms with Gasteiger partial charge in [-0.3, -0.25) is 0 Å². The summed E-state index contributed by atoms with van der Waals surface area (Å²) in [5, 5.41) is 0. The van der Waals surface area contributed by atoms with E-state index in [1.165, 1.54) is 7.11 Å². The van der Waals surface area contributed by atoms with Crippen LogP contribution in [0.2, 0.25) is 0 Å². The summed E-state index contributed by atoms with van der Waals surface area (Å²) >= 11 is 3.41. The summed E-state index contributed by atoms with van der Waals surface area (Å²) in [6, 6.07) is 5.51. The monoisotopic (exact) mass is 439 g/mol. The summed E-state index contributed by atoms with van der Waals surface area (Å²) in [5.74, 6) is 0.223. The van der Waals surface area contributed by atoms with Gasteiger partial charge in [0.15, 0.2) is 0 Å². The third kappa shape index (κ3) is 4.75. The van der Waals surface area contributed by atoms with E-state index in [0.29, 0.717) is 11.3 Å². The third-order valence-corrected chi connectivity index (χ3v) is 5.35. The molecule has 0 N–H and O–H groups in total. The molecule has 2 saturated heterocycles. The Labute approximate surface area is 168 Å². The molecule has 3 atom stereocenters. The first kappa shape index (κ1) is 20.0. The summed E-state index contributed by atoms with van der Waals surface area (Å²) < 4.78 is 17.3. The maximum absolute atomic E-state index is 12.5. The predicted molar refractivity (Wildman–Crippen MR) is 104 cm³/mol. The van der Waals surface area contributed by atoms with Gasteiger partial charge in [0.1, 0.15) is 17.5 Å². The van der Waals surface area contributed by atoms with E-state index >= 15 is 0 Å². The van der Waals surface area contributed by atoms with Crippen LogP contribution >= 0.6 is 15.9 Å². The van der Waals surface area contributed by atoms with Crippen LogP contribution in [-0.2, 0) is 9.47 Å². The number of ether oxygens (including phenoxy) is 3. The number of piperidine rings is 1. The molecule has 6 nitrogen and oxygen atoms in total. The summed E-state index contributed by atoms with van der Waals surface area (Å²) in [6.07, 6.45) is 3.22. The predicted octanol–water partition coefficient (Wildman–Crippen LogP) is 4.55. The molecule has 1 aromatic carbocycles. The Hall–Kier alpha value is -1.76. The van der Waals surface area contributed by atoms with Crippen LogP contribution in [0.5, 0.6) is 5.75 Å². The lowest BCUT2D eigenvalue weighted by Gasteiger charge is -2.39. The largest absolute Gasteiger partial charge is 0.490 e. The third-order valence-electron chi connectivity index (χ3n) is 4.89. The Balaban J connectivity index is 1.68. The number of rotatable bonds is 3. The summed E-state index contributed by atoms with van der Waals surface area (Å²) in [5.41, 5.74) is -0.0548. The Morgan fingerprint density at radius 3 is 2.30 bits per heavy atom. The highest BCUT2D eigenvalue weighted by Crippen LogP contribution is 2.38. The topological polar surface area (TPSA) is 65.1 Å². The Morgan fingerprint density at radius 1 is 1.11 bits per heavy atom. The van der Waals surface area contributed by atoms with Crippen molar-refractivity contribution in [2.75, 3.05) is 7.11 Å². The van der Waals surface area contributed by atoms with E-state index < -0.39 is 11.6 Å². The SMILES string of the molecule is COC(=O)c1cc(Br)cc(O[C@H]2C[C@H]3CC[C@@H](C2)N3C(=O)OC(C)(C)C)c1. The molecular weight excluding hydrogens is 414 g/mol. The molecular formula is C20H26BrNO5.